The monoisotopic (exact) mass is 635 g/mol. The molecule has 5 heteroatoms. The third-order valence-electron chi connectivity index (χ3n) is 9.61. The van der Waals surface area contributed by atoms with Crippen molar-refractivity contribution in [1.29, 1.82) is 15.8 Å². The molecular formula is C45H25N5. The van der Waals surface area contributed by atoms with E-state index in [2.05, 4.69) is 106 Å². The quantitative estimate of drug-likeness (QED) is 0.193. The first-order valence-electron chi connectivity index (χ1n) is 16.3. The second-order valence-electron chi connectivity index (χ2n) is 12.3. The number of rotatable bonds is 4. The lowest BCUT2D eigenvalue weighted by molar-refractivity contribution is 1.17. The highest BCUT2D eigenvalue weighted by molar-refractivity contribution is 6.11. The zero-order chi connectivity index (χ0) is 33.8. The second-order valence-corrected chi connectivity index (χ2v) is 12.3. The summed E-state index contributed by atoms with van der Waals surface area (Å²) in [7, 11) is 0. The zero-order valence-corrected chi connectivity index (χ0v) is 26.7. The Morgan fingerprint density at radius 3 is 1.58 bits per heavy atom. The largest absolute Gasteiger partial charge is 0.309 e. The Hall–Kier alpha value is -7.39. The molecule has 9 aromatic rings. The molecule has 0 aliphatic rings. The van der Waals surface area contributed by atoms with Gasteiger partial charge in [-0.2, -0.15) is 15.8 Å². The van der Waals surface area contributed by atoms with Gasteiger partial charge >= 0.3 is 0 Å². The fourth-order valence-electron chi connectivity index (χ4n) is 7.50. The summed E-state index contributed by atoms with van der Waals surface area (Å²) in [6.45, 7) is 0. The topological polar surface area (TPSA) is 81.2 Å². The van der Waals surface area contributed by atoms with Crippen LogP contribution in [0.25, 0.3) is 77.2 Å². The Morgan fingerprint density at radius 2 is 0.940 bits per heavy atom. The van der Waals surface area contributed by atoms with Gasteiger partial charge in [0, 0.05) is 38.4 Å². The summed E-state index contributed by atoms with van der Waals surface area (Å²) >= 11 is 0. The first-order valence-corrected chi connectivity index (χ1v) is 16.3. The van der Waals surface area contributed by atoms with Crippen molar-refractivity contribution in [3.05, 3.63) is 168 Å². The van der Waals surface area contributed by atoms with Crippen molar-refractivity contribution < 1.29 is 0 Å². The van der Waals surface area contributed by atoms with E-state index in [1.54, 1.807) is 6.07 Å². The first-order chi connectivity index (χ1) is 24.7. The molecule has 7 aromatic carbocycles. The molecule has 0 unspecified atom stereocenters. The predicted molar refractivity (Wildman–Crippen MR) is 200 cm³/mol. The number of fused-ring (bicyclic) bond motifs is 6. The van der Waals surface area contributed by atoms with E-state index in [0.29, 0.717) is 27.9 Å². The standard InChI is InChI=1S/C45H25N5/c46-26-29-20-21-44-39(22-29)38-15-4-6-17-41(38)49(44)34-24-32(27-47)45(33(25-34)28-48)31-11-9-10-30(23-31)35-12-1-5-16-40(35)50-42-18-7-2-13-36(42)37-14-3-8-19-43(37)50/h1-25H. The molecule has 0 radical (unpaired) electrons. The van der Waals surface area contributed by atoms with Crippen LogP contribution in [0.15, 0.2) is 152 Å². The van der Waals surface area contributed by atoms with Crippen LogP contribution in [0.3, 0.4) is 0 Å². The van der Waals surface area contributed by atoms with Gasteiger partial charge in [0.2, 0.25) is 0 Å². The molecule has 9 rings (SSSR count). The van der Waals surface area contributed by atoms with Gasteiger partial charge in [-0.05, 0) is 71.8 Å². The van der Waals surface area contributed by atoms with Crippen LogP contribution in [0.4, 0.5) is 0 Å². The SMILES string of the molecule is N#Cc1ccc2c(c1)c1ccccc1n2-c1cc(C#N)c(-c2cccc(-c3ccccc3-n3c4ccccc4c4ccccc43)c2)c(C#N)c1. The number of nitrogens with zero attached hydrogens (tertiary/aromatic N) is 5. The minimum atomic E-state index is 0.409. The van der Waals surface area contributed by atoms with Crippen molar-refractivity contribution in [3.63, 3.8) is 0 Å². The van der Waals surface area contributed by atoms with Crippen LogP contribution < -0.4 is 0 Å². The Bertz CT molecular complexity index is 2880. The minimum Gasteiger partial charge on any atom is -0.309 e. The zero-order valence-electron chi connectivity index (χ0n) is 26.7. The Labute approximate surface area is 287 Å². The molecule has 50 heavy (non-hydrogen) atoms. The Balaban J connectivity index is 1.23. The van der Waals surface area contributed by atoms with Crippen molar-refractivity contribution in [2.24, 2.45) is 0 Å². The maximum Gasteiger partial charge on any atom is 0.0999 e. The molecule has 0 N–H and O–H groups in total. The van der Waals surface area contributed by atoms with E-state index in [1.807, 2.05) is 66.7 Å². The Kier molecular flexibility index (Phi) is 6.56. The van der Waals surface area contributed by atoms with Gasteiger partial charge in [0.25, 0.3) is 0 Å². The van der Waals surface area contributed by atoms with Gasteiger partial charge in [-0.15, -0.1) is 0 Å². The van der Waals surface area contributed by atoms with E-state index in [-0.39, 0.29) is 0 Å². The van der Waals surface area contributed by atoms with Gasteiger partial charge in [0.05, 0.1) is 62.7 Å². The lowest BCUT2D eigenvalue weighted by Gasteiger charge is -2.16. The van der Waals surface area contributed by atoms with Gasteiger partial charge < -0.3 is 9.13 Å². The molecule has 0 saturated carbocycles. The predicted octanol–water partition coefficient (Wildman–Crippen LogP) is 10.8. The third kappa shape index (κ3) is 4.31. The molecule has 230 valence electrons. The van der Waals surface area contributed by atoms with E-state index < -0.39 is 0 Å². The third-order valence-corrected chi connectivity index (χ3v) is 9.61. The van der Waals surface area contributed by atoms with Crippen LogP contribution >= 0.6 is 0 Å². The Morgan fingerprint density at radius 1 is 0.400 bits per heavy atom. The van der Waals surface area contributed by atoms with Crippen molar-refractivity contribution in [1.82, 2.24) is 9.13 Å². The number of hydrogen-bond donors (Lipinski definition) is 0. The van der Waals surface area contributed by atoms with Crippen LogP contribution in [-0.2, 0) is 0 Å². The summed E-state index contributed by atoms with van der Waals surface area (Å²) in [4.78, 5) is 0. The van der Waals surface area contributed by atoms with Gasteiger partial charge in [0.15, 0.2) is 0 Å². The highest BCUT2D eigenvalue weighted by Gasteiger charge is 2.20. The minimum absolute atomic E-state index is 0.409. The number of aromatic nitrogens is 2. The summed E-state index contributed by atoms with van der Waals surface area (Å²) in [6.07, 6.45) is 0. The van der Waals surface area contributed by atoms with Crippen LogP contribution in [0.1, 0.15) is 16.7 Å². The van der Waals surface area contributed by atoms with Crippen LogP contribution in [-0.4, -0.2) is 9.13 Å². The van der Waals surface area contributed by atoms with Gasteiger partial charge in [-0.3, -0.25) is 0 Å². The van der Waals surface area contributed by atoms with Crippen molar-refractivity contribution in [3.8, 4) is 51.8 Å². The average Bonchev–Trinajstić information content (AvgIpc) is 3.70. The molecule has 2 aromatic heterocycles. The second kappa shape index (κ2) is 11.4. The van der Waals surface area contributed by atoms with E-state index in [1.165, 1.54) is 10.8 Å². The molecule has 0 aliphatic heterocycles. The van der Waals surface area contributed by atoms with E-state index >= 15 is 0 Å². The molecule has 0 bridgehead atoms. The van der Waals surface area contributed by atoms with Crippen molar-refractivity contribution >= 4 is 43.6 Å². The van der Waals surface area contributed by atoms with E-state index in [4.69, 9.17) is 0 Å². The smallest absolute Gasteiger partial charge is 0.0999 e. The summed E-state index contributed by atoms with van der Waals surface area (Å²) < 4.78 is 4.38. The molecular weight excluding hydrogens is 611 g/mol. The summed E-state index contributed by atoms with van der Waals surface area (Å²) in [5.74, 6) is 0. The maximum absolute atomic E-state index is 10.6. The van der Waals surface area contributed by atoms with Crippen molar-refractivity contribution in [2.75, 3.05) is 0 Å². The highest BCUT2D eigenvalue weighted by Crippen LogP contribution is 2.39. The lowest BCUT2D eigenvalue weighted by Crippen LogP contribution is -1.99. The van der Waals surface area contributed by atoms with Crippen molar-refractivity contribution in [2.45, 2.75) is 0 Å². The molecule has 0 atom stereocenters. The number of nitriles is 3. The van der Waals surface area contributed by atoms with Gasteiger partial charge in [0.1, 0.15) is 0 Å². The molecule has 0 fully saturated rings. The summed E-state index contributed by atoms with van der Waals surface area (Å²) in [6, 6.07) is 57.8. The maximum atomic E-state index is 10.6. The molecule has 0 amide bonds. The molecule has 2 heterocycles. The first kappa shape index (κ1) is 28.8. The van der Waals surface area contributed by atoms with Crippen LogP contribution in [0.5, 0.6) is 0 Å². The van der Waals surface area contributed by atoms with Gasteiger partial charge in [-0.1, -0.05) is 91.0 Å². The fraction of sp³-hybridized carbons (Fsp3) is 0. The summed E-state index contributed by atoms with van der Waals surface area (Å²) in [5.41, 5.74) is 10.6. The number of hydrogen-bond acceptors (Lipinski definition) is 3. The number of benzene rings is 7. The average molecular weight is 636 g/mol. The normalized spacial score (nSPS) is 11.1. The fourth-order valence-corrected chi connectivity index (χ4v) is 7.50. The van der Waals surface area contributed by atoms with Crippen LogP contribution in [0, 0.1) is 34.0 Å². The van der Waals surface area contributed by atoms with E-state index in [9.17, 15) is 15.8 Å². The number of para-hydroxylation sites is 4. The highest BCUT2D eigenvalue weighted by atomic mass is 15.0. The summed E-state index contributed by atoms with van der Waals surface area (Å²) in [5, 5.41) is 35.0. The van der Waals surface area contributed by atoms with Gasteiger partial charge in [-0.25, -0.2) is 0 Å². The molecule has 0 aliphatic carbocycles. The van der Waals surface area contributed by atoms with E-state index in [0.717, 1.165) is 55.2 Å². The molecule has 0 spiro atoms. The molecule has 0 saturated heterocycles. The lowest BCUT2D eigenvalue weighted by atomic mass is 9.92. The molecule has 5 nitrogen and oxygen atoms in total. The van der Waals surface area contributed by atoms with Crippen LogP contribution in [0.2, 0.25) is 0 Å².